The molecule has 7 N–H and O–H groups in total. The molecule has 5 aromatic rings. The summed E-state index contributed by atoms with van der Waals surface area (Å²) in [6.45, 7) is 15.0. The third kappa shape index (κ3) is 14.4. The van der Waals surface area contributed by atoms with E-state index < -0.39 is 54.2 Å². The molecule has 3 fully saturated rings. The Bertz CT molecular complexity index is 2990. The first-order valence-electron chi connectivity index (χ1n) is 28.8. The van der Waals surface area contributed by atoms with Crippen molar-refractivity contribution < 1.29 is 53.1 Å². The van der Waals surface area contributed by atoms with Gasteiger partial charge in [0.05, 0.1) is 68.1 Å². The largest absolute Gasteiger partial charge is 0.387 e. The maximum atomic E-state index is 13.3. The number of amides is 5. The number of nitrogens with zero attached hydrogens (tertiary/aromatic N) is 7. The zero-order valence-electron chi connectivity index (χ0n) is 47.3. The van der Waals surface area contributed by atoms with E-state index in [-0.39, 0.29) is 54.4 Å². The van der Waals surface area contributed by atoms with E-state index in [0.29, 0.717) is 93.8 Å². The third-order valence-corrected chi connectivity index (χ3v) is 15.9. The van der Waals surface area contributed by atoms with Gasteiger partial charge in [0.25, 0.3) is 11.8 Å². The minimum Gasteiger partial charge on any atom is -0.387 e. The molecule has 23 nitrogen and oxygen atoms in total. The highest BCUT2D eigenvalue weighted by molar-refractivity contribution is 6.25. The number of aromatic amines is 1. The monoisotopic (exact) mass is 1120 g/mol. The fourth-order valence-electron chi connectivity index (χ4n) is 11.2. The Kier molecular flexibility index (Phi) is 19.8. The quantitative estimate of drug-likeness (QED) is 0.0240. The molecule has 2 saturated heterocycles. The van der Waals surface area contributed by atoms with Crippen LogP contribution in [-0.4, -0.2) is 181 Å². The second-order valence-electron chi connectivity index (χ2n) is 23.0. The summed E-state index contributed by atoms with van der Waals surface area (Å²) in [5, 5.41) is 34.3. The number of carbonyl (C=O) groups excluding carboxylic acids is 5. The van der Waals surface area contributed by atoms with Crippen molar-refractivity contribution in [2.45, 2.75) is 153 Å². The van der Waals surface area contributed by atoms with Crippen LogP contribution < -0.4 is 21.3 Å². The number of carbonyl (C=O) groups is 5. The molecule has 9 rings (SSSR count). The van der Waals surface area contributed by atoms with Crippen molar-refractivity contribution in [1.82, 2.24) is 49.9 Å². The fourth-order valence-corrected chi connectivity index (χ4v) is 11.2. The Morgan fingerprint density at radius 2 is 1.63 bits per heavy atom. The fraction of sp³-hybridized carbons (Fsp3) is 0.603. The Labute approximate surface area is 472 Å². The van der Waals surface area contributed by atoms with Gasteiger partial charge in [-0.15, -0.1) is 0 Å². The number of rotatable bonds is 30. The normalized spacial score (nSPS) is 22.1. The van der Waals surface area contributed by atoms with Gasteiger partial charge in [-0.05, 0) is 93.5 Å². The van der Waals surface area contributed by atoms with Gasteiger partial charge in [-0.25, -0.2) is 19.9 Å². The van der Waals surface area contributed by atoms with Crippen LogP contribution in [-0.2, 0) is 45.2 Å². The number of imide groups is 2. The predicted octanol–water partition coefficient (Wildman–Crippen LogP) is 4.78. The van der Waals surface area contributed by atoms with Crippen LogP contribution in [0.15, 0.2) is 49.1 Å². The molecule has 23 heteroatoms. The lowest BCUT2D eigenvalue weighted by Gasteiger charge is -2.46. The summed E-state index contributed by atoms with van der Waals surface area (Å²) in [6, 6.07) is 11.0. The SMILES string of the molecule is CC(C)N(C[C@H]1O[C@@H](n2cnc3c(NCCCCCCNC(=O)CCOCCOCCOCCNc4cccc5c4C(=O)N(C4CCC(=O)NC4=O)C5=O)ncnc32)C(O)C1O)C1CC(CCc2nc3cc(C(C)(C)C)ccc3[nH]2)C1. The van der Waals surface area contributed by atoms with Crippen molar-refractivity contribution in [3.63, 3.8) is 0 Å². The number of H-pyrrole nitrogens is 1. The van der Waals surface area contributed by atoms with Crippen molar-refractivity contribution in [3.8, 4) is 0 Å². The number of benzene rings is 2. The average Bonchev–Trinajstić information content (AvgIpc) is 4.39. The highest BCUT2D eigenvalue weighted by Gasteiger charge is 2.48. The molecule has 5 atom stereocenters. The number of unbranched alkanes of at least 4 members (excludes halogenated alkanes) is 3. The van der Waals surface area contributed by atoms with Gasteiger partial charge in [-0.1, -0.05) is 45.7 Å². The van der Waals surface area contributed by atoms with Gasteiger partial charge in [0, 0.05) is 63.2 Å². The summed E-state index contributed by atoms with van der Waals surface area (Å²) in [7, 11) is 0. The molecule has 6 heterocycles. The zero-order valence-corrected chi connectivity index (χ0v) is 47.3. The summed E-state index contributed by atoms with van der Waals surface area (Å²) in [5.74, 6) is -0.0863. The molecule has 5 amide bonds. The first kappa shape index (κ1) is 59.2. The topological polar surface area (TPSA) is 290 Å². The molecule has 1 saturated carbocycles. The first-order valence-corrected chi connectivity index (χ1v) is 28.8. The van der Waals surface area contributed by atoms with Gasteiger partial charge in [-0.2, -0.15) is 0 Å². The second kappa shape index (κ2) is 27.1. The highest BCUT2D eigenvalue weighted by Crippen LogP contribution is 2.39. The van der Waals surface area contributed by atoms with Gasteiger partial charge in [0.2, 0.25) is 17.7 Å². The van der Waals surface area contributed by atoms with Crippen molar-refractivity contribution in [2.75, 3.05) is 76.5 Å². The molecular weight excluding hydrogens is 1040 g/mol. The van der Waals surface area contributed by atoms with Crippen LogP contribution in [0, 0.1) is 5.92 Å². The molecule has 2 aromatic carbocycles. The Morgan fingerprint density at radius 3 is 2.38 bits per heavy atom. The summed E-state index contributed by atoms with van der Waals surface area (Å²) in [4.78, 5) is 88.0. The van der Waals surface area contributed by atoms with E-state index in [1.165, 1.54) is 11.9 Å². The summed E-state index contributed by atoms with van der Waals surface area (Å²) >= 11 is 0. The molecule has 3 aliphatic heterocycles. The third-order valence-electron chi connectivity index (χ3n) is 15.9. The number of piperidine rings is 1. The molecule has 1 aliphatic carbocycles. The summed E-state index contributed by atoms with van der Waals surface area (Å²) in [5.41, 5.74) is 5.37. The van der Waals surface area contributed by atoms with E-state index in [1.807, 2.05) is 0 Å². The molecule has 0 bridgehead atoms. The Morgan fingerprint density at radius 1 is 0.877 bits per heavy atom. The standard InChI is InChI=1S/C58H80N12O11/c1-35(2)68(38-29-36(30-38)13-17-45-65-40-15-14-37(58(3,4)5)31-42(40)66-45)32-44-50(73)51(74)57(81-44)69-34-64-49-52(62-33-63-53(49)69)61-21-9-7-6-8-20-60-46(71)19-23-78-25-27-80-28-26-79-24-22-59-41-12-10-11-39-48(41)56(77)70(55(39)76)43-16-18-47(72)67-54(43)75/h10-12,14-15,31,33-36,38,43-44,50-51,57,59,73-74H,6-9,13,16-30,32H2,1-5H3,(H,60,71)(H,65,66)(H,61,62,63)(H,67,72,75)/t36?,38?,43?,44-,50?,51?,57-/m1/s1. The van der Waals surface area contributed by atoms with Crippen LogP contribution in [0.2, 0.25) is 0 Å². The predicted molar refractivity (Wildman–Crippen MR) is 301 cm³/mol. The van der Waals surface area contributed by atoms with Gasteiger partial charge in [0.15, 0.2) is 23.2 Å². The Balaban J connectivity index is 0.589. The van der Waals surface area contributed by atoms with E-state index in [0.717, 1.165) is 73.1 Å². The minimum atomic E-state index is -1.17. The number of anilines is 2. The number of hydrogen-bond donors (Lipinski definition) is 7. The highest BCUT2D eigenvalue weighted by atomic mass is 16.6. The Hall–Kier alpha value is -6.47. The lowest BCUT2D eigenvalue weighted by molar-refractivity contribution is -0.136. The lowest BCUT2D eigenvalue weighted by Crippen LogP contribution is -2.54. The van der Waals surface area contributed by atoms with Crippen molar-refractivity contribution in [1.29, 1.82) is 0 Å². The maximum Gasteiger partial charge on any atom is 0.264 e. The van der Waals surface area contributed by atoms with E-state index >= 15 is 0 Å². The number of aryl methyl sites for hydroxylation is 1. The van der Waals surface area contributed by atoms with Crippen LogP contribution in [0.5, 0.6) is 0 Å². The molecule has 0 spiro atoms. The molecule has 3 aromatic heterocycles. The molecule has 3 unspecified atom stereocenters. The number of hydrogen-bond acceptors (Lipinski definition) is 18. The molecule has 0 radical (unpaired) electrons. The smallest absolute Gasteiger partial charge is 0.264 e. The van der Waals surface area contributed by atoms with E-state index in [4.69, 9.17) is 23.9 Å². The van der Waals surface area contributed by atoms with E-state index in [9.17, 15) is 34.2 Å². The lowest BCUT2D eigenvalue weighted by atomic mass is 9.76. The van der Waals surface area contributed by atoms with E-state index in [2.05, 4.69) is 98.9 Å². The maximum absolute atomic E-state index is 13.3. The van der Waals surface area contributed by atoms with Gasteiger partial charge in [0.1, 0.15) is 36.5 Å². The number of aliphatic hydroxyl groups is 2. The van der Waals surface area contributed by atoms with Crippen LogP contribution in [0.4, 0.5) is 11.5 Å². The molecule has 4 aliphatic rings. The molecular formula is C58H80N12O11. The minimum absolute atomic E-state index is 0.0513. The van der Waals surface area contributed by atoms with Crippen LogP contribution >= 0.6 is 0 Å². The zero-order chi connectivity index (χ0) is 57.2. The van der Waals surface area contributed by atoms with Crippen LogP contribution in [0.3, 0.4) is 0 Å². The van der Waals surface area contributed by atoms with Crippen LogP contribution in [0.1, 0.15) is 137 Å². The van der Waals surface area contributed by atoms with Gasteiger partial charge >= 0.3 is 0 Å². The second-order valence-corrected chi connectivity index (χ2v) is 23.0. The van der Waals surface area contributed by atoms with Crippen molar-refractivity contribution in [3.05, 3.63) is 71.6 Å². The van der Waals surface area contributed by atoms with Gasteiger partial charge < -0.3 is 50.1 Å². The number of aromatic nitrogens is 6. The number of aliphatic hydroxyl groups excluding tert-OH is 2. The van der Waals surface area contributed by atoms with Crippen molar-refractivity contribution >= 4 is 63.2 Å². The number of nitrogens with one attached hydrogen (secondary N) is 5. The first-order chi connectivity index (χ1) is 39.0. The number of imidazole rings is 2. The number of fused-ring (bicyclic) bond motifs is 3. The van der Waals surface area contributed by atoms with Crippen molar-refractivity contribution in [2.24, 2.45) is 5.92 Å². The average molecular weight is 1120 g/mol. The molecule has 438 valence electrons. The van der Waals surface area contributed by atoms with Gasteiger partial charge in [-0.3, -0.25) is 43.7 Å². The van der Waals surface area contributed by atoms with E-state index in [1.54, 1.807) is 29.1 Å². The summed E-state index contributed by atoms with van der Waals surface area (Å²) in [6.07, 6.45) is 7.45. The van der Waals surface area contributed by atoms with Crippen LogP contribution in [0.25, 0.3) is 22.2 Å². The number of ether oxygens (including phenoxy) is 4. The molecule has 81 heavy (non-hydrogen) atoms. The summed E-state index contributed by atoms with van der Waals surface area (Å²) < 4.78 is 24.9.